The van der Waals surface area contributed by atoms with Crippen molar-refractivity contribution in [2.75, 3.05) is 0 Å². The van der Waals surface area contributed by atoms with Crippen molar-refractivity contribution in [3.05, 3.63) is 68.8 Å². The van der Waals surface area contributed by atoms with Gasteiger partial charge < -0.3 is 4.57 Å². The van der Waals surface area contributed by atoms with Gasteiger partial charge in [0.15, 0.2) is 0 Å². The van der Waals surface area contributed by atoms with Crippen LogP contribution in [0.25, 0.3) is 0 Å². The molecule has 1 heterocycles. The Hall–Kier alpha value is -2.28. The molecule has 0 saturated heterocycles. The molecule has 1 N–H and O–H groups in total. The summed E-state index contributed by atoms with van der Waals surface area (Å²) >= 11 is 3.22. The van der Waals surface area contributed by atoms with Gasteiger partial charge in [-0.05, 0) is 24.3 Å². The molecule has 108 valence electrons. The molecule has 0 atom stereocenters. The predicted molar refractivity (Wildman–Crippen MR) is 80.5 cm³/mol. The van der Waals surface area contributed by atoms with E-state index in [-0.39, 0.29) is 17.7 Å². The Bertz CT molecular complexity index is 743. The zero-order chi connectivity index (χ0) is 15.2. The molecule has 2 rings (SSSR count). The van der Waals surface area contributed by atoms with E-state index in [2.05, 4.69) is 26.5 Å². The van der Waals surface area contributed by atoms with Crippen LogP contribution in [0.4, 0.5) is 4.39 Å². The molecule has 0 spiro atoms. The lowest BCUT2D eigenvalue weighted by Crippen LogP contribution is -2.29. The molecule has 0 aliphatic heterocycles. The summed E-state index contributed by atoms with van der Waals surface area (Å²) in [7, 11) is 0. The second kappa shape index (κ2) is 6.94. The molecule has 0 unspecified atom stereocenters. The number of rotatable bonds is 4. The van der Waals surface area contributed by atoms with Gasteiger partial charge in [0.1, 0.15) is 12.4 Å². The monoisotopic (exact) mass is 351 g/mol. The Labute approximate surface area is 128 Å². The van der Waals surface area contributed by atoms with Crippen molar-refractivity contribution in [2.45, 2.75) is 6.54 Å². The van der Waals surface area contributed by atoms with E-state index < -0.39 is 11.7 Å². The normalized spacial score (nSPS) is 10.8. The molecule has 5 nitrogen and oxygen atoms in total. The van der Waals surface area contributed by atoms with Crippen LogP contribution in [0.3, 0.4) is 0 Å². The highest BCUT2D eigenvalue weighted by Gasteiger charge is 2.03. The SMILES string of the molecule is O=C(Cn1ccccc1=O)N/N=C\c1cc(Br)ccc1F. The molecular formula is C14H11BrFN3O2. The van der Waals surface area contributed by atoms with Gasteiger partial charge in [0, 0.05) is 22.3 Å². The molecule has 2 aromatic rings. The number of hydrogen-bond donors (Lipinski definition) is 1. The maximum absolute atomic E-state index is 13.4. The van der Waals surface area contributed by atoms with Gasteiger partial charge in [-0.3, -0.25) is 9.59 Å². The van der Waals surface area contributed by atoms with E-state index in [1.54, 1.807) is 18.2 Å². The van der Waals surface area contributed by atoms with Crippen LogP contribution in [0.2, 0.25) is 0 Å². The molecule has 21 heavy (non-hydrogen) atoms. The first-order valence-electron chi connectivity index (χ1n) is 5.98. The minimum absolute atomic E-state index is 0.155. The van der Waals surface area contributed by atoms with Crippen LogP contribution in [0.5, 0.6) is 0 Å². The van der Waals surface area contributed by atoms with E-state index in [0.29, 0.717) is 4.47 Å². The molecule has 0 bridgehead atoms. The predicted octanol–water partition coefficient (Wildman–Crippen LogP) is 1.90. The number of aromatic nitrogens is 1. The molecule has 1 aromatic heterocycles. The molecule has 1 amide bonds. The van der Waals surface area contributed by atoms with Crippen LogP contribution >= 0.6 is 15.9 Å². The summed E-state index contributed by atoms with van der Waals surface area (Å²) in [5.74, 6) is -0.926. The largest absolute Gasteiger partial charge is 0.306 e. The number of pyridine rings is 1. The third-order valence-corrected chi connectivity index (χ3v) is 3.06. The number of nitrogens with zero attached hydrogens (tertiary/aromatic N) is 2. The Kier molecular flexibility index (Phi) is 4.99. The quantitative estimate of drug-likeness (QED) is 0.675. The Morgan fingerprint density at radius 2 is 2.19 bits per heavy atom. The van der Waals surface area contributed by atoms with Gasteiger partial charge in [0.25, 0.3) is 11.5 Å². The van der Waals surface area contributed by atoms with E-state index in [4.69, 9.17) is 0 Å². The Balaban J connectivity index is 1.98. The Morgan fingerprint density at radius 1 is 1.38 bits per heavy atom. The van der Waals surface area contributed by atoms with Crippen molar-refractivity contribution in [3.63, 3.8) is 0 Å². The average molecular weight is 352 g/mol. The van der Waals surface area contributed by atoms with Gasteiger partial charge in [0.2, 0.25) is 0 Å². The first kappa shape index (κ1) is 15.1. The molecule has 7 heteroatoms. The first-order valence-corrected chi connectivity index (χ1v) is 6.78. The maximum atomic E-state index is 13.4. The van der Waals surface area contributed by atoms with E-state index in [0.717, 1.165) is 0 Å². The minimum Gasteiger partial charge on any atom is -0.306 e. The zero-order valence-electron chi connectivity index (χ0n) is 10.8. The van der Waals surface area contributed by atoms with Crippen LogP contribution < -0.4 is 11.0 Å². The summed E-state index contributed by atoms with van der Waals surface area (Å²) in [6.45, 7) is -0.155. The number of nitrogens with one attached hydrogen (secondary N) is 1. The van der Waals surface area contributed by atoms with Gasteiger partial charge in [0.05, 0.1) is 6.21 Å². The minimum atomic E-state index is -0.477. The third kappa shape index (κ3) is 4.35. The van der Waals surface area contributed by atoms with E-state index in [1.807, 2.05) is 0 Å². The fourth-order valence-electron chi connectivity index (χ4n) is 1.57. The highest BCUT2D eigenvalue weighted by atomic mass is 79.9. The fraction of sp³-hybridized carbons (Fsp3) is 0.0714. The number of hydrazone groups is 1. The van der Waals surface area contributed by atoms with E-state index in [9.17, 15) is 14.0 Å². The standard InChI is InChI=1S/C14H11BrFN3O2/c15-11-4-5-12(16)10(7-11)8-17-18-13(20)9-19-6-2-1-3-14(19)21/h1-8H,9H2,(H,18,20)/b17-8-. The average Bonchev–Trinajstić information content (AvgIpc) is 2.45. The molecule has 0 aliphatic carbocycles. The number of hydrogen-bond acceptors (Lipinski definition) is 3. The van der Waals surface area contributed by atoms with Crippen LogP contribution in [0.1, 0.15) is 5.56 Å². The highest BCUT2D eigenvalue weighted by molar-refractivity contribution is 9.10. The number of amides is 1. The van der Waals surface area contributed by atoms with Crippen molar-refractivity contribution in [2.24, 2.45) is 5.10 Å². The Morgan fingerprint density at radius 3 is 2.95 bits per heavy atom. The lowest BCUT2D eigenvalue weighted by atomic mass is 10.2. The van der Waals surface area contributed by atoms with E-state index >= 15 is 0 Å². The summed E-state index contributed by atoms with van der Waals surface area (Å²) in [4.78, 5) is 23.0. The van der Waals surface area contributed by atoms with Crippen LogP contribution in [-0.4, -0.2) is 16.7 Å². The lowest BCUT2D eigenvalue weighted by Gasteiger charge is -2.03. The first-order chi connectivity index (χ1) is 10.1. The third-order valence-electron chi connectivity index (χ3n) is 2.56. The second-order valence-electron chi connectivity index (χ2n) is 4.13. The number of carbonyl (C=O) groups is 1. The van der Waals surface area contributed by atoms with Crippen LogP contribution in [0.15, 0.2) is 57.0 Å². The number of halogens is 2. The maximum Gasteiger partial charge on any atom is 0.260 e. The topological polar surface area (TPSA) is 63.5 Å². The van der Waals surface area contributed by atoms with Gasteiger partial charge >= 0.3 is 0 Å². The molecule has 0 fully saturated rings. The smallest absolute Gasteiger partial charge is 0.260 e. The molecular weight excluding hydrogens is 341 g/mol. The van der Waals surface area contributed by atoms with Crippen LogP contribution in [-0.2, 0) is 11.3 Å². The molecule has 1 aromatic carbocycles. The van der Waals surface area contributed by atoms with Crippen molar-refractivity contribution < 1.29 is 9.18 Å². The number of benzene rings is 1. The zero-order valence-corrected chi connectivity index (χ0v) is 12.4. The number of carbonyl (C=O) groups excluding carboxylic acids is 1. The highest BCUT2D eigenvalue weighted by Crippen LogP contribution is 2.13. The van der Waals surface area contributed by atoms with Crippen molar-refractivity contribution in [3.8, 4) is 0 Å². The second-order valence-corrected chi connectivity index (χ2v) is 5.04. The van der Waals surface area contributed by atoms with Gasteiger partial charge in [-0.1, -0.05) is 22.0 Å². The summed E-state index contributed by atoms with van der Waals surface area (Å²) in [6, 6.07) is 8.98. The summed E-state index contributed by atoms with van der Waals surface area (Å²) < 4.78 is 15.4. The van der Waals surface area contributed by atoms with Crippen molar-refractivity contribution in [1.82, 2.24) is 9.99 Å². The summed E-state index contributed by atoms with van der Waals surface area (Å²) in [6.07, 6.45) is 2.70. The fourth-order valence-corrected chi connectivity index (χ4v) is 1.95. The van der Waals surface area contributed by atoms with E-state index in [1.165, 1.54) is 35.2 Å². The van der Waals surface area contributed by atoms with Gasteiger partial charge in [-0.25, -0.2) is 9.82 Å². The van der Waals surface area contributed by atoms with Crippen molar-refractivity contribution in [1.29, 1.82) is 0 Å². The van der Waals surface area contributed by atoms with Gasteiger partial charge in [-0.2, -0.15) is 5.10 Å². The molecule has 0 aliphatic rings. The van der Waals surface area contributed by atoms with Gasteiger partial charge in [-0.15, -0.1) is 0 Å². The van der Waals surface area contributed by atoms with Crippen molar-refractivity contribution >= 4 is 28.1 Å². The lowest BCUT2D eigenvalue weighted by molar-refractivity contribution is -0.121. The summed E-state index contributed by atoms with van der Waals surface area (Å²) in [5, 5.41) is 3.67. The molecule has 0 saturated carbocycles. The van der Waals surface area contributed by atoms with Crippen LogP contribution in [0, 0.1) is 5.82 Å². The molecule has 0 radical (unpaired) electrons. The summed E-state index contributed by atoms with van der Waals surface area (Å²) in [5.41, 5.74) is 2.20.